The molecule has 0 spiro atoms. The summed E-state index contributed by atoms with van der Waals surface area (Å²) in [5.74, 6) is -1.21. The van der Waals surface area contributed by atoms with E-state index in [9.17, 15) is 14.4 Å². The lowest BCUT2D eigenvalue weighted by Crippen LogP contribution is -2.41. The molecule has 1 aliphatic heterocycles. The van der Waals surface area contributed by atoms with E-state index in [1.54, 1.807) is 12.1 Å². The van der Waals surface area contributed by atoms with Crippen LogP contribution in [0.1, 0.15) is 24.8 Å². The molecular weight excluding hydrogens is 310 g/mol. The topological polar surface area (TPSA) is 92.5 Å². The summed E-state index contributed by atoms with van der Waals surface area (Å²) in [4.78, 5) is 41.6. The molecule has 1 aliphatic rings. The Morgan fingerprint density at radius 3 is 2.92 bits per heavy atom. The number of amides is 1. The number of benzene rings is 1. The Labute approximate surface area is 138 Å². The van der Waals surface area contributed by atoms with Crippen molar-refractivity contribution in [2.24, 2.45) is 0 Å². The fourth-order valence-electron chi connectivity index (χ4n) is 3.18. The molecule has 1 N–H and O–H groups in total. The third-order valence-electron chi connectivity index (χ3n) is 4.48. The van der Waals surface area contributed by atoms with Crippen LogP contribution in [0.4, 0.5) is 0 Å². The van der Waals surface area contributed by atoms with Gasteiger partial charge in [-0.2, -0.15) is 0 Å². The number of carboxylic acid groups (broad SMARTS) is 1. The van der Waals surface area contributed by atoms with E-state index in [0.29, 0.717) is 30.3 Å². The van der Waals surface area contributed by atoms with E-state index in [-0.39, 0.29) is 24.4 Å². The molecule has 0 aliphatic carbocycles. The molecule has 1 aromatic carbocycles. The molecule has 3 rings (SSSR count). The van der Waals surface area contributed by atoms with E-state index in [4.69, 9.17) is 5.11 Å². The summed E-state index contributed by atoms with van der Waals surface area (Å²) in [7, 11) is 0. The number of rotatable bonds is 4. The van der Waals surface area contributed by atoms with Crippen molar-refractivity contribution in [3.63, 3.8) is 0 Å². The first-order valence-corrected chi connectivity index (χ1v) is 7.96. The maximum atomic E-state index is 12.5. The highest BCUT2D eigenvalue weighted by atomic mass is 16.4. The molecule has 0 radical (unpaired) electrons. The van der Waals surface area contributed by atoms with Crippen LogP contribution in [0.3, 0.4) is 0 Å². The first kappa shape index (κ1) is 16.2. The van der Waals surface area contributed by atoms with Crippen LogP contribution in [-0.2, 0) is 16.1 Å². The predicted molar refractivity (Wildman–Crippen MR) is 87.7 cm³/mol. The van der Waals surface area contributed by atoms with Crippen LogP contribution >= 0.6 is 0 Å². The number of nitrogens with zero attached hydrogens (tertiary/aromatic N) is 3. The average molecular weight is 329 g/mol. The second kappa shape index (κ2) is 6.43. The molecule has 7 nitrogen and oxygen atoms in total. The SMILES string of the molecule is Cc1cccc2c(=O)n(CCC(=O)N3CCC[C@H]3C(=O)O)cnc12. The van der Waals surface area contributed by atoms with Crippen molar-refractivity contribution in [1.82, 2.24) is 14.5 Å². The Balaban J connectivity index is 1.76. The van der Waals surface area contributed by atoms with Crippen molar-refractivity contribution in [2.45, 2.75) is 38.8 Å². The third-order valence-corrected chi connectivity index (χ3v) is 4.48. The van der Waals surface area contributed by atoms with E-state index in [1.807, 2.05) is 13.0 Å². The number of fused-ring (bicyclic) bond motifs is 1. The molecule has 0 unspecified atom stereocenters. The van der Waals surface area contributed by atoms with Crippen molar-refractivity contribution < 1.29 is 14.7 Å². The van der Waals surface area contributed by atoms with Gasteiger partial charge in [0.25, 0.3) is 5.56 Å². The number of para-hydroxylation sites is 1. The van der Waals surface area contributed by atoms with Gasteiger partial charge in [-0.3, -0.25) is 14.2 Å². The molecule has 1 aromatic heterocycles. The van der Waals surface area contributed by atoms with Gasteiger partial charge < -0.3 is 10.0 Å². The molecule has 1 saturated heterocycles. The second-order valence-corrected chi connectivity index (χ2v) is 6.05. The zero-order valence-electron chi connectivity index (χ0n) is 13.4. The molecular formula is C17H19N3O4. The van der Waals surface area contributed by atoms with Gasteiger partial charge in [-0.1, -0.05) is 12.1 Å². The highest BCUT2D eigenvalue weighted by Gasteiger charge is 2.33. The summed E-state index contributed by atoms with van der Waals surface area (Å²) in [5, 5.41) is 9.67. The summed E-state index contributed by atoms with van der Waals surface area (Å²) in [6.07, 6.45) is 2.71. The summed E-state index contributed by atoms with van der Waals surface area (Å²) in [6, 6.07) is 4.67. The number of carbonyl (C=O) groups excluding carboxylic acids is 1. The van der Waals surface area contributed by atoms with Gasteiger partial charge in [0.05, 0.1) is 17.2 Å². The summed E-state index contributed by atoms with van der Waals surface area (Å²) >= 11 is 0. The zero-order chi connectivity index (χ0) is 17.3. The fraction of sp³-hybridized carbons (Fsp3) is 0.412. The van der Waals surface area contributed by atoms with Crippen molar-refractivity contribution >= 4 is 22.8 Å². The molecule has 0 saturated carbocycles. The number of likely N-dealkylation sites (tertiary alicyclic amines) is 1. The number of aromatic nitrogens is 2. The first-order chi connectivity index (χ1) is 11.5. The van der Waals surface area contributed by atoms with Crippen molar-refractivity contribution in [1.29, 1.82) is 0 Å². The first-order valence-electron chi connectivity index (χ1n) is 7.96. The molecule has 0 bridgehead atoms. The van der Waals surface area contributed by atoms with Gasteiger partial charge in [0.15, 0.2) is 0 Å². The normalized spacial score (nSPS) is 17.4. The molecule has 1 atom stereocenters. The predicted octanol–water partition coefficient (Wildman–Crippen LogP) is 1.17. The highest BCUT2D eigenvalue weighted by Crippen LogP contribution is 2.18. The quantitative estimate of drug-likeness (QED) is 0.909. The highest BCUT2D eigenvalue weighted by molar-refractivity contribution is 5.84. The molecule has 1 fully saturated rings. The summed E-state index contributed by atoms with van der Waals surface area (Å²) in [5.41, 5.74) is 1.40. The Morgan fingerprint density at radius 2 is 2.17 bits per heavy atom. The summed E-state index contributed by atoms with van der Waals surface area (Å²) < 4.78 is 1.41. The minimum Gasteiger partial charge on any atom is -0.480 e. The van der Waals surface area contributed by atoms with Gasteiger partial charge >= 0.3 is 5.97 Å². The minimum atomic E-state index is -0.971. The van der Waals surface area contributed by atoms with Crippen molar-refractivity contribution in [3.8, 4) is 0 Å². The van der Waals surface area contributed by atoms with Crippen LogP contribution in [0.25, 0.3) is 10.9 Å². The van der Waals surface area contributed by atoms with E-state index in [1.165, 1.54) is 15.8 Å². The Hall–Kier alpha value is -2.70. The van der Waals surface area contributed by atoms with Crippen LogP contribution in [0, 0.1) is 6.92 Å². The lowest BCUT2D eigenvalue weighted by Gasteiger charge is -2.21. The van der Waals surface area contributed by atoms with E-state index >= 15 is 0 Å². The fourth-order valence-corrected chi connectivity index (χ4v) is 3.18. The lowest BCUT2D eigenvalue weighted by atomic mass is 10.1. The Kier molecular flexibility index (Phi) is 4.33. The number of hydrogen-bond donors (Lipinski definition) is 1. The number of carbonyl (C=O) groups is 2. The van der Waals surface area contributed by atoms with E-state index in [0.717, 1.165) is 5.56 Å². The molecule has 2 aromatic rings. The molecule has 2 heterocycles. The van der Waals surface area contributed by atoms with Gasteiger partial charge in [-0.25, -0.2) is 9.78 Å². The summed E-state index contributed by atoms with van der Waals surface area (Å²) in [6.45, 7) is 2.54. The second-order valence-electron chi connectivity index (χ2n) is 6.05. The maximum absolute atomic E-state index is 12.5. The van der Waals surface area contributed by atoms with Crippen LogP contribution < -0.4 is 5.56 Å². The van der Waals surface area contributed by atoms with E-state index < -0.39 is 12.0 Å². The number of aryl methyl sites for hydroxylation is 2. The van der Waals surface area contributed by atoms with E-state index in [2.05, 4.69) is 4.98 Å². The molecule has 1 amide bonds. The number of aliphatic carboxylic acids is 1. The van der Waals surface area contributed by atoms with Gasteiger partial charge in [-0.05, 0) is 31.4 Å². The standard InChI is InChI=1S/C17H19N3O4/c1-11-4-2-5-12-15(11)18-10-19(16(12)22)9-7-14(21)20-8-3-6-13(20)17(23)24/h2,4-5,10,13H,3,6-9H2,1H3,(H,23,24)/t13-/m0/s1. The molecule has 24 heavy (non-hydrogen) atoms. The van der Waals surface area contributed by atoms with Crippen LogP contribution in [0.15, 0.2) is 29.3 Å². The third kappa shape index (κ3) is 2.89. The number of carboxylic acids is 1. The largest absolute Gasteiger partial charge is 0.480 e. The molecule has 7 heteroatoms. The Morgan fingerprint density at radius 1 is 1.38 bits per heavy atom. The van der Waals surface area contributed by atoms with Crippen molar-refractivity contribution in [3.05, 3.63) is 40.4 Å². The average Bonchev–Trinajstić information content (AvgIpc) is 3.05. The van der Waals surface area contributed by atoms with Crippen molar-refractivity contribution in [2.75, 3.05) is 6.54 Å². The van der Waals surface area contributed by atoms with Crippen LogP contribution in [0.2, 0.25) is 0 Å². The van der Waals surface area contributed by atoms with Gasteiger partial charge in [0, 0.05) is 19.5 Å². The minimum absolute atomic E-state index is 0.0860. The smallest absolute Gasteiger partial charge is 0.326 e. The van der Waals surface area contributed by atoms with Crippen LogP contribution in [0.5, 0.6) is 0 Å². The van der Waals surface area contributed by atoms with Gasteiger partial charge in [-0.15, -0.1) is 0 Å². The van der Waals surface area contributed by atoms with Crippen LogP contribution in [-0.4, -0.2) is 44.0 Å². The van der Waals surface area contributed by atoms with Gasteiger partial charge in [0.2, 0.25) is 5.91 Å². The monoisotopic (exact) mass is 329 g/mol. The van der Waals surface area contributed by atoms with Gasteiger partial charge in [0.1, 0.15) is 6.04 Å². The maximum Gasteiger partial charge on any atom is 0.326 e. The lowest BCUT2D eigenvalue weighted by molar-refractivity contribution is -0.148. The Bertz CT molecular complexity index is 859. The zero-order valence-corrected chi connectivity index (χ0v) is 13.4. The molecule has 126 valence electrons. The number of hydrogen-bond acceptors (Lipinski definition) is 4.